The Kier molecular flexibility index (Phi) is 3.16. The van der Waals surface area contributed by atoms with Crippen LogP contribution in [0.2, 0.25) is 0 Å². The summed E-state index contributed by atoms with van der Waals surface area (Å²) in [4.78, 5) is 10.1. The third kappa shape index (κ3) is 2.19. The molecule has 2 heterocycles. The molecular formula is C13H17N3O3. The number of aromatic nitrogens is 2. The molecule has 3 rings (SSSR count). The van der Waals surface area contributed by atoms with Gasteiger partial charge in [-0.15, -0.1) is 0 Å². The van der Waals surface area contributed by atoms with Crippen LogP contribution in [0.25, 0.3) is 11.0 Å². The minimum atomic E-state index is 0.690. The molecule has 1 saturated heterocycles. The van der Waals surface area contributed by atoms with Crippen LogP contribution in [0, 0.1) is 0 Å². The average Bonchev–Trinajstić information content (AvgIpc) is 2.89. The number of aromatic amines is 1. The highest BCUT2D eigenvalue weighted by Gasteiger charge is 2.16. The second-order valence-electron chi connectivity index (χ2n) is 4.38. The number of ether oxygens (including phenoxy) is 3. The lowest BCUT2D eigenvalue weighted by molar-refractivity contribution is 0.122. The second-order valence-corrected chi connectivity index (χ2v) is 4.38. The summed E-state index contributed by atoms with van der Waals surface area (Å²) in [5.41, 5.74) is 1.82. The van der Waals surface area contributed by atoms with Gasteiger partial charge in [0.2, 0.25) is 5.95 Å². The van der Waals surface area contributed by atoms with E-state index < -0.39 is 0 Å². The molecule has 0 amide bonds. The van der Waals surface area contributed by atoms with Gasteiger partial charge in [0.15, 0.2) is 11.5 Å². The molecule has 6 nitrogen and oxygen atoms in total. The van der Waals surface area contributed by atoms with Crippen molar-refractivity contribution < 1.29 is 14.2 Å². The lowest BCUT2D eigenvalue weighted by Crippen LogP contribution is -2.36. The number of anilines is 1. The van der Waals surface area contributed by atoms with Crippen LogP contribution in [0.4, 0.5) is 5.95 Å². The maximum atomic E-state index is 5.34. The van der Waals surface area contributed by atoms with E-state index in [9.17, 15) is 0 Å². The Bertz CT molecular complexity index is 535. The molecule has 19 heavy (non-hydrogen) atoms. The summed E-state index contributed by atoms with van der Waals surface area (Å²) in [5.74, 6) is 2.26. The zero-order valence-electron chi connectivity index (χ0n) is 11.1. The molecule has 0 bridgehead atoms. The number of rotatable bonds is 3. The predicted octanol–water partition coefficient (Wildman–Crippen LogP) is 1.42. The smallest absolute Gasteiger partial charge is 0.203 e. The second kappa shape index (κ2) is 4.97. The molecule has 1 fully saturated rings. The zero-order chi connectivity index (χ0) is 13.2. The number of fused-ring (bicyclic) bond motifs is 1. The zero-order valence-corrected chi connectivity index (χ0v) is 11.1. The molecular weight excluding hydrogens is 246 g/mol. The molecule has 0 saturated carbocycles. The maximum absolute atomic E-state index is 5.34. The van der Waals surface area contributed by atoms with Gasteiger partial charge < -0.3 is 24.1 Å². The molecule has 0 radical (unpaired) electrons. The van der Waals surface area contributed by atoms with Crippen molar-refractivity contribution in [3.63, 3.8) is 0 Å². The fourth-order valence-electron chi connectivity index (χ4n) is 2.25. The molecule has 0 aliphatic carbocycles. The van der Waals surface area contributed by atoms with Gasteiger partial charge in [-0.2, -0.15) is 0 Å². The van der Waals surface area contributed by atoms with E-state index in [4.69, 9.17) is 14.2 Å². The van der Waals surface area contributed by atoms with Crippen LogP contribution in [0.1, 0.15) is 0 Å². The Morgan fingerprint density at radius 3 is 2.53 bits per heavy atom. The highest BCUT2D eigenvalue weighted by molar-refractivity contribution is 5.81. The van der Waals surface area contributed by atoms with E-state index >= 15 is 0 Å². The van der Waals surface area contributed by atoms with E-state index in [0.29, 0.717) is 11.5 Å². The summed E-state index contributed by atoms with van der Waals surface area (Å²) in [7, 11) is 3.25. The summed E-state index contributed by atoms with van der Waals surface area (Å²) in [6, 6.07) is 3.79. The number of nitrogens with zero attached hydrogens (tertiary/aromatic N) is 2. The van der Waals surface area contributed by atoms with Crippen LogP contribution in [-0.2, 0) is 4.74 Å². The van der Waals surface area contributed by atoms with Gasteiger partial charge in [-0.05, 0) is 0 Å². The number of nitrogens with one attached hydrogen (secondary N) is 1. The monoisotopic (exact) mass is 263 g/mol. The molecule has 0 unspecified atom stereocenters. The molecule has 1 aliphatic rings. The van der Waals surface area contributed by atoms with Crippen molar-refractivity contribution in [3.8, 4) is 11.5 Å². The molecule has 6 heteroatoms. The Balaban J connectivity index is 1.99. The minimum absolute atomic E-state index is 0.690. The van der Waals surface area contributed by atoms with Gasteiger partial charge in [0, 0.05) is 25.2 Å². The molecule has 0 spiro atoms. The first-order valence-electron chi connectivity index (χ1n) is 6.26. The summed E-state index contributed by atoms with van der Waals surface area (Å²) in [6.07, 6.45) is 0. The van der Waals surface area contributed by atoms with E-state index in [1.54, 1.807) is 14.2 Å². The Morgan fingerprint density at radius 2 is 1.84 bits per heavy atom. The van der Waals surface area contributed by atoms with Gasteiger partial charge in [-0.1, -0.05) is 0 Å². The van der Waals surface area contributed by atoms with Crippen molar-refractivity contribution in [2.24, 2.45) is 0 Å². The summed E-state index contributed by atoms with van der Waals surface area (Å²) < 4.78 is 15.9. The molecule has 102 valence electrons. The maximum Gasteiger partial charge on any atom is 0.203 e. The summed E-state index contributed by atoms with van der Waals surface area (Å²) in [6.45, 7) is 3.19. The van der Waals surface area contributed by atoms with Crippen molar-refractivity contribution in [2.45, 2.75) is 0 Å². The van der Waals surface area contributed by atoms with E-state index in [0.717, 1.165) is 43.3 Å². The standard InChI is InChI=1S/C13H17N3O3/c1-17-11-7-9-10(8-12(11)18-2)15-13(14-9)16-3-5-19-6-4-16/h7-8H,3-6H2,1-2H3,(H,14,15). The van der Waals surface area contributed by atoms with Crippen molar-refractivity contribution in [3.05, 3.63) is 12.1 Å². The van der Waals surface area contributed by atoms with Crippen LogP contribution >= 0.6 is 0 Å². The van der Waals surface area contributed by atoms with Crippen LogP contribution < -0.4 is 14.4 Å². The van der Waals surface area contributed by atoms with Gasteiger partial charge in [-0.3, -0.25) is 0 Å². The van der Waals surface area contributed by atoms with Gasteiger partial charge in [0.05, 0.1) is 38.5 Å². The van der Waals surface area contributed by atoms with Crippen molar-refractivity contribution in [1.82, 2.24) is 9.97 Å². The van der Waals surface area contributed by atoms with E-state index in [-0.39, 0.29) is 0 Å². The summed E-state index contributed by atoms with van der Waals surface area (Å²) in [5, 5.41) is 0. The number of methoxy groups -OCH3 is 2. The van der Waals surface area contributed by atoms with E-state index in [1.165, 1.54) is 0 Å². The molecule has 1 N–H and O–H groups in total. The number of hydrogen-bond donors (Lipinski definition) is 1. The topological polar surface area (TPSA) is 59.6 Å². The number of H-pyrrole nitrogens is 1. The van der Waals surface area contributed by atoms with Gasteiger partial charge in [-0.25, -0.2) is 4.98 Å². The SMILES string of the molecule is COc1cc2nc(N3CCOCC3)[nH]c2cc1OC. The molecule has 2 aromatic rings. The highest BCUT2D eigenvalue weighted by Crippen LogP contribution is 2.32. The van der Waals surface area contributed by atoms with Crippen LogP contribution in [0.5, 0.6) is 11.5 Å². The fraction of sp³-hybridized carbons (Fsp3) is 0.462. The van der Waals surface area contributed by atoms with Gasteiger partial charge in [0.1, 0.15) is 0 Å². The molecule has 1 aromatic carbocycles. The number of morpholine rings is 1. The predicted molar refractivity (Wildman–Crippen MR) is 72.2 cm³/mol. The lowest BCUT2D eigenvalue weighted by atomic mass is 10.3. The summed E-state index contributed by atoms with van der Waals surface area (Å²) >= 11 is 0. The molecule has 0 atom stereocenters. The first kappa shape index (κ1) is 12.1. The number of hydrogen-bond acceptors (Lipinski definition) is 5. The van der Waals surface area contributed by atoms with Crippen molar-refractivity contribution >= 4 is 17.0 Å². The van der Waals surface area contributed by atoms with Crippen molar-refractivity contribution in [2.75, 3.05) is 45.4 Å². The Morgan fingerprint density at radius 1 is 1.16 bits per heavy atom. The minimum Gasteiger partial charge on any atom is -0.493 e. The largest absolute Gasteiger partial charge is 0.493 e. The van der Waals surface area contributed by atoms with Crippen LogP contribution in [-0.4, -0.2) is 50.5 Å². The Hall–Kier alpha value is -1.95. The first-order chi connectivity index (χ1) is 9.31. The fourth-order valence-corrected chi connectivity index (χ4v) is 2.25. The van der Waals surface area contributed by atoms with Gasteiger partial charge >= 0.3 is 0 Å². The molecule has 1 aromatic heterocycles. The highest BCUT2D eigenvalue weighted by atomic mass is 16.5. The lowest BCUT2D eigenvalue weighted by Gasteiger charge is -2.26. The van der Waals surface area contributed by atoms with E-state index in [1.807, 2.05) is 12.1 Å². The molecule has 1 aliphatic heterocycles. The van der Waals surface area contributed by atoms with E-state index in [2.05, 4.69) is 14.9 Å². The number of benzene rings is 1. The van der Waals surface area contributed by atoms with Crippen molar-refractivity contribution in [1.29, 1.82) is 0 Å². The third-order valence-corrected chi connectivity index (χ3v) is 3.29. The normalized spacial score (nSPS) is 15.8. The third-order valence-electron chi connectivity index (χ3n) is 3.29. The Labute approximate surface area is 111 Å². The average molecular weight is 263 g/mol. The van der Waals surface area contributed by atoms with Crippen LogP contribution in [0.15, 0.2) is 12.1 Å². The first-order valence-corrected chi connectivity index (χ1v) is 6.26. The van der Waals surface area contributed by atoms with Gasteiger partial charge in [0.25, 0.3) is 0 Å². The number of imidazole rings is 1. The quantitative estimate of drug-likeness (QED) is 0.907. The van der Waals surface area contributed by atoms with Crippen LogP contribution in [0.3, 0.4) is 0 Å².